The third kappa shape index (κ3) is 3.73. The normalized spacial score (nSPS) is 11.6. The topological polar surface area (TPSA) is 76.8 Å². The molecular weight excluding hydrogens is 400 g/mol. The molecule has 0 aliphatic carbocycles. The molecule has 0 spiro atoms. The van der Waals surface area contributed by atoms with Crippen molar-refractivity contribution in [2.45, 2.75) is 25.3 Å². The highest BCUT2D eigenvalue weighted by molar-refractivity contribution is 7.92. The van der Waals surface area contributed by atoms with Gasteiger partial charge >= 0.3 is 0 Å². The summed E-state index contributed by atoms with van der Waals surface area (Å²) in [5.74, 6) is 1.28. The van der Waals surface area contributed by atoms with Crippen molar-refractivity contribution in [2.24, 2.45) is 0 Å². The van der Waals surface area contributed by atoms with Crippen LogP contribution in [0.3, 0.4) is 0 Å². The number of methoxy groups -OCH3 is 1. The predicted molar refractivity (Wildman–Crippen MR) is 115 cm³/mol. The maximum absolute atomic E-state index is 13.7. The van der Waals surface area contributed by atoms with Crippen molar-refractivity contribution in [1.82, 2.24) is 14.6 Å². The molecule has 0 saturated heterocycles. The van der Waals surface area contributed by atoms with Crippen molar-refractivity contribution >= 4 is 21.4 Å². The van der Waals surface area contributed by atoms with Crippen LogP contribution in [0.25, 0.3) is 5.65 Å². The Morgan fingerprint density at radius 2 is 1.63 bits per heavy atom. The van der Waals surface area contributed by atoms with Crippen LogP contribution in [0.1, 0.15) is 17.0 Å². The first-order valence-electron chi connectivity index (χ1n) is 9.42. The van der Waals surface area contributed by atoms with Crippen LogP contribution in [0.5, 0.6) is 5.75 Å². The third-order valence-corrected chi connectivity index (χ3v) is 6.70. The number of pyridine rings is 1. The lowest BCUT2D eigenvalue weighted by Crippen LogP contribution is -2.30. The van der Waals surface area contributed by atoms with E-state index in [-0.39, 0.29) is 11.4 Å². The molecule has 4 aromatic rings. The molecule has 30 heavy (non-hydrogen) atoms. The SMILES string of the molecule is COc1ccc(N(Cc2ccc(C)cc2)S(=O)(=O)c2ccc3nnc(C)n3c2)cc1. The van der Waals surface area contributed by atoms with E-state index in [0.29, 0.717) is 22.9 Å². The molecule has 2 aromatic carbocycles. The molecule has 7 nitrogen and oxygen atoms in total. The van der Waals surface area contributed by atoms with Gasteiger partial charge in [-0.1, -0.05) is 29.8 Å². The number of nitrogens with zero attached hydrogens (tertiary/aromatic N) is 4. The average molecular weight is 423 g/mol. The van der Waals surface area contributed by atoms with Crippen molar-refractivity contribution in [1.29, 1.82) is 0 Å². The van der Waals surface area contributed by atoms with E-state index in [1.807, 2.05) is 31.2 Å². The second-order valence-electron chi connectivity index (χ2n) is 7.04. The van der Waals surface area contributed by atoms with Crippen LogP contribution in [0.4, 0.5) is 5.69 Å². The van der Waals surface area contributed by atoms with Gasteiger partial charge in [-0.05, 0) is 55.8 Å². The summed E-state index contributed by atoms with van der Waals surface area (Å²) in [6.07, 6.45) is 1.56. The molecule has 0 aliphatic heterocycles. The molecule has 154 valence electrons. The summed E-state index contributed by atoms with van der Waals surface area (Å²) in [5, 5.41) is 8.04. The van der Waals surface area contributed by atoms with Crippen LogP contribution in [-0.2, 0) is 16.6 Å². The zero-order valence-corrected chi connectivity index (χ0v) is 17.8. The molecule has 0 radical (unpaired) electrons. The summed E-state index contributed by atoms with van der Waals surface area (Å²) in [6.45, 7) is 3.98. The number of aromatic nitrogens is 3. The van der Waals surface area contributed by atoms with Crippen molar-refractivity contribution in [3.05, 3.63) is 83.8 Å². The Labute approximate surface area is 175 Å². The fourth-order valence-corrected chi connectivity index (χ4v) is 4.64. The Kier molecular flexibility index (Phi) is 5.17. The number of rotatable bonds is 6. The van der Waals surface area contributed by atoms with Crippen LogP contribution in [0, 0.1) is 13.8 Å². The molecule has 0 fully saturated rings. The number of fused-ring (bicyclic) bond motifs is 1. The fraction of sp³-hybridized carbons (Fsp3) is 0.182. The number of hydrogen-bond donors (Lipinski definition) is 0. The first kappa shape index (κ1) is 19.9. The molecule has 0 aliphatic rings. The van der Waals surface area contributed by atoms with E-state index in [4.69, 9.17) is 4.74 Å². The second kappa shape index (κ2) is 7.79. The summed E-state index contributed by atoms with van der Waals surface area (Å²) < 4.78 is 35.6. The van der Waals surface area contributed by atoms with Crippen molar-refractivity contribution < 1.29 is 13.2 Å². The first-order valence-corrected chi connectivity index (χ1v) is 10.9. The number of ether oxygens (including phenoxy) is 1. The monoisotopic (exact) mass is 422 g/mol. The van der Waals surface area contributed by atoms with Crippen LogP contribution >= 0.6 is 0 Å². The lowest BCUT2D eigenvalue weighted by molar-refractivity contribution is 0.415. The zero-order chi connectivity index (χ0) is 21.3. The summed E-state index contributed by atoms with van der Waals surface area (Å²) in [7, 11) is -2.28. The minimum absolute atomic E-state index is 0.167. The van der Waals surface area contributed by atoms with Gasteiger partial charge in [-0.25, -0.2) is 8.42 Å². The Bertz CT molecular complexity index is 1280. The van der Waals surface area contributed by atoms with Gasteiger partial charge in [0.1, 0.15) is 16.5 Å². The number of sulfonamides is 1. The molecule has 0 bridgehead atoms. The molecule has 0 atom stereocenters. The van der Waals surface area contributed by atoms with Crippen molar-refractivity contribution in [2.75, 3.05) is 11.4 Å². The second-order valence-corrected chi connectivity index (χ2v) is 8.90. The van der Waals surface area contributed by atoms with E-state index in [1.165, 1.54) is 4.31 Å². The molecule has 4 rings (SSSR count). The van der Waals surface area contributed by atoms with Crippen LogP contribution in [0.15, 0.2) is 71.8 Å². The number of aryl methyl sites for hydroxylation is 2. The van der Waals surface area contributed by atoms with E-state index in [9.17, 15) is 8.42 Å². The van der Waals surface area contributed by atoms with E-state index in [0.717, 1.165) is 11.1 Å². The zero-order valence-electron chi connectivity index (χ0n) is 17.0. The lowest BCUT2D eigenvalue weighted by atomic mass is 10.1. The van der Waals surface area contributed by atoms with E-state index in [1.54, 1.807) is 61.0 Å². The average Bonchev–Trinajstić information content (AvgIpc) is 3.13. The molecular formula is C22H22N4O3S. The van der Waals surface area contributed by atoms with E-state index in [2.05, 4.69) is 10.2 Å². The highest BCUT2D eigenvalue weighted by atomic mass is 32.2. The van der Waals surface area contributed by atoms with Gasteiger partial charge in [-0.3, -0.25) is 8.71 Å². The molecule has 0 unspecified atom stereocenters. The van der Waals surface area contributed by atoms with Gasteiger partial charge in [0.05, 0.1) is 19.3 Å². The van der Waals surface area contributed by atoms with Gasteiger partial charge in [0.25, 0.3) is 10.0 Å². The molecule has 0 saturated carbocycles. The summed E-state index contributed by atoms with van der Waals surface area (Å²) in [5.41, 5.74) is 3.16. The van der Waals surface area contributed by atoms with Gasteiger partial charge in [0.2, 0.25) is 0 Å². The van der Waals surface area contributed by atoms with Gasteiger partial charge in [-0.15, -0.1) is 10.2 Å². The van der Waals surface area contributed by atoms with Crippen LogP contribution in [0.2, 0.25) is 0 Å². The Morgan fingerprint density at radius 1 is 0.933 bits per heavy atom. The van der Waals surface area contributed by atoms with Crippen LogP contribution < -0.4 is 9.04 Å². The molecule has 0 amide bonds. The quantitative estimate of drug-likeness (QED) is 0.473. The highest BCUT2D eigenvalue weighted by Crippen LogP contribution is 2.28. The number of anilines is 1. The van der Waals surface area contributed by atoms with Gasteiger partial charge in [0.15, 0.2) is 5.65 Å². The van der Waals surface area contributed by atoms with E-state index < -0.39 is 10.0 Å². The number of benzene rings is 2. The Balaban J connectivity index is 1.81. The maximum atomic E-state index is 13.7. The van der Waals surface area contributed by atoms with E-state index >= 15 is 0 Å². The standard InChI is InChI=1S/C22H22N4O3S/c1-16-4-6-18(7-5-16)14-26(19-8-10-20(29-3)11-9-19)30(27,28)21-12-13-22-24-23-17(2)25(22)15-21/h4-13,15H,14H2,1-3H3. The predicted octanol–water partition coefficient (Wildman–Crippen LogP) is 3.75. The third-order valence-electron chi connectivity index (χ3n) is 4.94. The Morgan fingerprint density at radius 3 is 2.30 bits per heavy atom. The van der Waals surface area contributed by atoms with Crippen molar-refractivity contribution in [3.8, 4) is 5.75 Å². The molecule has 8 heteroatoms. The van der Waals surface area contributed by atoms with Gasteiger partial charge in [0, 0.05) is 6.20 Å². The fourth-order valence-electron chi connectivity index (χ4n) is 3.19. The summed E-state index contributed by atoms with van der Waals surface area (Å²) in [6, 6.07) is 18.0. The largest absolute Gasteiger partial charge is 0.497 e. The minimum Gasteiger partial charge on any atom is -0.497 e. The van der Waals surface area contributed by atoms with Gasteiger partial charge < -0.3 is 4.74 Å². The van der Waals surface area contributed by atoms with Crippen LogP contribution in [-0.4, -0.2) is 30.1 Å². The lowest BCUT2D eigenvalue weighted by Gasteiger charge is -2.25. The molecule has 2 heterocycles. The minimum atomic E-state index is -3.85. The smallest absolute Gasteiger partial charge is 0.266 e. The maximum Gasteiger partial charge on any atom is 0.266 e. The number of hydrogen-bond acceptors (Lipinski definition) is 5. The highest BCUT2D eigenvalue weighted by Gasteiger charge is 2.26. The summed E-state index contributed by atoms with van der Waals surface area (Å²) in [4.78, 5) is 0.167. The summed E-state index contributed by atoms with van der Waals surface area (Å²) >= 11 is 0. The molecule has 2 aromatic heterocycles. The first-order chi connectivity index (χ1) is 14.4. The van der Waals surface area contributed by atoms with Gasteiger partial charge in [-0.2, -0.15) is 0 Å². The Hall–Kier alpha value is -3.39. The molecule has 0 N–H and O–H groups in total. The van der Waals surface area contributed by atoms with Crippen molar-refractivity contribution in [3.63, 3.8) is 0 Å².